The molecule has 0 aliphatic carbocycles. The summed E-state index contributed by atoms with van der Waals surface area (Å²) in [5.74, 6) is 0.0207. The van der Waals surface area contributed by atoms with Crippen LogP contribution in [0, 0.1) is 0 Å². The number of hydrogen-bond donors (Lipinski definition) is 2. The van der Waals surface area contributed by atoms with Crippen molar-refractivity contribution in [3.63, 3.8) is 0 Å². The number of carbonyl (C=O) groups is 1. The lowest BCUT2D eigenvalue weighted by molar-refractivity contribution is -0.122. The molecule has 1 amide bonds. The van der Waals surface area contributed by atoms with Crippen LogP contribution in [0.25, 0.3) is 0 Å². The largest absolute Gasteiger partial charge is 0.391 e. The quantitative estimate of drug-likeness (QED) is 0.682. The van der Waals surface area contributed by atoms with E-state index in [-0.39, 0.29) is 5.91 Å². The van der Waals surface area contributed by atoms with Crippen molar-refractivity contribution in [2.45, 2.75) is 31.7 Å². The first kappa shape index (κ1) is 12.4. The average Bonchev–Trinajstić information content (AvgIpc) is 2.21. The molecule has 0 aromatic rings. The summed E-state index contributed by atoms with van der Waals surface area (Å²) in [6.07, 6.45) is 2.09. The van der Waals surface area contributed by atoms with Gasteiger partial charge in [0.05, 0.1) is 10.5 Å². The molecule has 1 rings (SSSR count). The molecule has 15 heavy (non-hydrogen) atoms. The fourth-order valence-electron chi connectivity index (χ4n) is 1.79. The van der Waals surface area contributed by atoms with E-state index in [1.54, 1.807) is 0 Å². The molecule has 0 bridgehead atoms. The molecule has 0 aromatic carbocycles. The minimum Gasteiger partial charge on any atom is -0.391 e. The minimum atomic E-state index is -0.449. The minimum absolute atomic E-state index is 0.0207. The van der Waals surface area contributed by atoms with E-state index in [0.29, 0.717) is 11.4 Å². The van der Waals surface area contributed by atoms with Crippen LogP contribution >= 0.6 is 12.2 Å². The maximum atomic E-state index is 11.4. The maximum absolute atomic E-state index is 11.4. The van der Waals surface area contributed by atoms with E-state index < -0.39 is 5.54 Å². The Bertz CT molecular complexity index is 259. The fraction of sp³-hybridized carbons (Fsp3) is 0.800. The lowest BCUT2D eigenvalue weighted by atomic mass is 9.87. The van der Waals surface area contributed by atoms with E-state index in [9.17, 15) is 4.79 Å². The summed E-state index contributed by atoms with van der Waals surface area (Å²) in [6, 6.07) is 0. The van der Waals surface area contributed by atoms with Crippen molar-refractivity contribution in [1.29, 1.82) is 0 Å². The lowest BCUT2D eigenvalue weighted by Gasteiger charge is -2.40. The lowest BCUT2D eigenvalue weighted by Crippen LogP contribution is -2.61. The zero-order chi connectivity index (χ0) is 11.5. The van der Waals surface area contributed by atoms with Crippen LogP contribution in [0.5, 0.6) is 0 Å². The fourth-order valence-corrected chi connectivity index (χ4v) is 2.04. The molecule has 0 saturated carbocycles. The van der Waals surface area contributed by atoms with Gasteiger partial charge in [-0.3, -0.25) is 4.79 Å². The van der Waals surface area contributed by atoms with Crippen LogP contribution in [0.3, 0.4) is 0 Å². The zero-order valence-corrected chi connectivity index (χ0v) is 10.2. The molecule has 0 unspecified atom stereocenters. The third kappa shape index (κ3) is 2.89. The van der Waals surface area contributed by atoms with E-state index >= 15 is 0 Å². The number of piperidine rings is 1. The summed E-state index contributed by atoms with van der Waals surface area (Å²) in [5.41, 5.74) is 5.30. The number of nitrogens with one attached hydrogen (secondary N) is 1. The van der Waals surface area contributed by atoms with Crippen molar-refractivity contribution >= 4 is 23.1 Å². The topological polar surface area (TPSA) is 58.4 Å². The van der Waals surface area contributed by atoms with Gasteiger partial charge >= 0.3 is 0 Å². The van der Waals surface area contributed by atoms with E-state index in [4.69, 9.17) is 18.0 Å². The van der Waals surface area contributed by atoms with E-state index in [0.717, 1.165) is 25.9 Å². The first-order chi connectivity index (χ1) is 7.00. The SMILES string of the molecule is CCC(=O)NC1(C(N)=S)CCN(C)CC1. The van der Waals surface area contributed by atoms with Crippen LogP contribution < -0.4 is 11.1 Å². The zero-order valence-electron chi connectivity index (χ0n) is 9.38. The van der Waals surface area contributed by atoms with Crippen molar-refractivity contribution in [2.24, 2.45) is 5.73 Å². The number of likely N-dealkylation sites (tertiary alicyclic amines) is 1. The summed E-state index contributed by atoms with van der Waals surface area (Å²) in [5, 5.41) is 2.97. The first-order valence-corrected chi connectivity index (χ1v) is 5.70. The number of hydrogen-bond acceptors (Lipinski definition) is 3. The number of thiocarbonyl (C=S) groups is 1. The second-order valence-electron chi connectivity index (χ2n) is 4.15. The molecular formula is C10H19N3OS. The number of rotatable bonds is 3. The van der Waals surface area contributed by atoms with Gasteiger partial charge in [-0.05, 0) is 19.9 Å². The highest BCUT2D eigenvalue weighted by Gasteiger charge is 2.37. The number of nitrogens with two attached hydrogens (primary N) is 1. The Labute approximate surface area is 96.2 Å². The van der Waals surface area contributed by atoms with Crippen molar-refractivity contribution in [2.75, 3.05) is 20.1 Å². The molecule has 0 atom stereocenters. The summed E-state index contributed by atoms with van der Waals surface area (Å²) in [7, 11) is 2.06. The molecule has 1 fully saturated rings. The molecule has 5 heteroatoms. The molecule has 1 aliphatic heterocycles. The number of carbonyl (C=O) groups excluding carboxylic acids is 1. The van der Waals surface area contributed by atoms with Gasteiger partial charge in [0.25, 0.3) is 0 Å². The smallest absolute Gasteiger partial charge is 0.220 e. The van der Waals surface area contributed by atoms with Crippen molar-refractivity contribution < 1.29 is 4.79 Å². The van der Waals surface area contributed by atoms with Crippen LogP contribution in [0.2, 0.25) is 0 Å². The van der Waals surface area contributed by atoms with Crippen molar-refractivity contribution in [3.05, 3.63) is 0 Å². The molecule has 0 spiro atoms. The average molecular weight is 229 g/mol. The number of nitrogens with zero attached hydrogens (tertiary/aromatic N) is 1. The Morgan fingerprint density at radius 2 is 2.07 bits per heavy atom. The standard InChI is InChI=1S/C10H19N3OS/c1-3-8(14)12-10(9(11)15)4-6-13(2)7-5-10/h3-7H2,1-2H3,(H2,11,15)(H,12,14). The van der Waals surface area contributed by atoms with Gasteiger partial charge in [-0.2, -0.15) is 0 Å². The Morgan fingerprint density at radius 3 is 2.47 bits per heavy atom. The second-order valence-corrected chi connectivity index (χ2v) is 4.59. The molecule has 86 valence electrons. The van der Waals surface area contributed by atoms with Gasteiger partial charge < -0.3 is 16.0 Å². The van der Waals surface area contributed by atoms with Gasteiger partial charge in [0.2, 0.25) is 5.91 Å². The summed E-state index contributed by atoms with van der Waals surface area (Å²) in [4.78, 5) is 14.1. The van der Waals surface area contributed by atoms with E-state index in [2.05, 4.69) is 17.3 Å². The predicted molar refractivity (Wildman–Crippen MR) is 64.7 cm³/mol. The predicted octanol–water partition coefficient (Wildman–Crippen LogP) is 0.263. The summed E-state index contributed by atoms with van der Waals surface area (Å²) in [6.45, 7) is 3.67. The third-order valence-corrected chi connectivity index (χ3v) is 3.40. The van der Waals surface area contributed by atoms with Gasteiger partial charge in [0, 0.05) is 19.5 Å². The molecular weight excluding hydrogens is 210 g/mol. The van der Waals surface area contributed by atoms with Crippen molar-refractivity contribution in [3.8, 4) is 0 Å². The van der Waals surface area contributed by atoms with Crippen LogP contribution in [-0.2, 0) is 4.79 Å². The Kier molecular flexibility index (Phi) is 4.04. The van der Waals surface area contributed by atoms with Crippen LogP contribution in [0.4, 0.5) is 0 Å². The third-order valence-electron chi connectivity index (χ3n) is 3.01. The highest BCUT2D eigenvalue weighted by molar-refractivity contribution is 7.80. The van der Waals surface area contributed by atoms with Gasteiger partial charge in [0.1, 0.15) is 0 Å². The first-order valence-electron chi connectivity index (χ1n) is 5.29. The summed E-state index contributed by atoms with van der Waals surface area (Å²) >= 11 is 5.08. The van der Waals surface area contributed by atoms with Crippen LogP contribution in [0.15, 0.2) is 0 Å². The second kappa shape index (κ2) is 4.90. The van der Waals surface area contributed by atoms with Crippen LogP contribution in [-0.4, -0.2) is 41.5 Å². The van der Waals surface area contributed by atoms with Crippen LogP contribution in [0.1, 0.15) is 26.2 Å². The molecule has 0 radical (unpaired) electrons. The number of amides is 1. The summed E-state index contributed by atoms with van der Waals surface area (Å²) < 4.78 is 0. The van der Waals surface area contributed by atoms with Gasteiger partial charge in [0.15, 0.2) is 0 Å². The van der Waals surface area contributed by atoms with Gasteiger partial charge in [-0.1, -0.05) is 19.1 Å². The molecule has 3 N–H and O–H groups in total. The highest BCUT2D eigenvalue weighted by Crippen LogP contribution is 2.22. The van der Waals surface area contributed by atoms with E-state index in [1.165, 1.54) is 0 Å². The molecule has 1 aliphatic rings. The van der Waals surface area contributed by atoms with Crippen molar-refractivity contribution in [1.82, 2.24) is 10.2 Å². The van der Waals surface area contributed by atoms with Gasteiger partial charge in [-0.15, -0.1) is 0 Å². The normalized spacial score (nSPS) is 20.9. The Balaban J connectivity index is 2.71. The van der Waals surface area contributed by atoms with E-state index in [1.807, 2.05) is 6.92 Å². The molecule has 1 saturated heterocycles. The van der Waals surface area contributed by atoms with Gasteiger partial charge in [-0.25, -0.2) is 0 Å². The Morgan fingerprint density at radius 1 is 1.53 bits per heavy atom. The molecule has 4 nitrogen and oxygen atoms in total. The maximum Gasteiger partial charge on any atom is 0.220 e. The highest BCUT2D eigenvalue weighted by atomic mass is 32.1. The molecule has 1 heterocycles. The Hall–Kier alpha value is -0.680. The molecule has 0 aromatic heterocycles. The monoisotopic (exact) mass is 229 g/mol.